The summed E-state index contributed by atoms with van der Waals surface area (Å²) in [6.07, 6.45) is 5.55. The van der Waals surface area contributed by atoms with Crippen molar-refractivity contribution in [3.05, 3.63) is 48.0 Å². The molecule has 0 heterocycles. The van der Waals surface area contributed by atoms with E-state index in [9.17, 15) is 18.1 Å². The van der Waals surface area contributed by atoms with Gasteiger partial charge in [0.25, 0.3) is 10.1 Å². The minimum Gasteiger partial charge on any atom is -0.508 e. The second-order valence-corrected chi connectivity index (χ2v) is 7.06. The lowest BCUT2D eigenvalue weighted by Crippen LogP contribution is -2.01. The third-order valence-electron chi connectivity index (χ3n) is 3.65. The monoisotopic (exact) mass is 350 g/mol. The maximum atomic E-state index is 11.4. The lowest BCUT2D eigenvalue weighted by atomic mass is 10.1. The highest BCUT2D eigenvalue weighted by atomic mass is 32.2. The fourth-order valence-electron chi connectivity index (χ4n) is 2.44. The van der Waals surface area contributed by atoms with Gasteiger partial charge < -0.3 is 9.84 Å². The van der Waals surface area contributed by atoms with Gasteiger partial charge in [-0.15, -0.1) is 0 Å². The number of phenolic OH excluding ortho intramolecular Hbond substituents is 1. The van der Waals surface area contributed by atoms with Gasteiger partial charge in [0.1, 0.15) is 16.4 Å². The molecular formula is C18H22O5S. The predicted molar refractivity (Wildman–Crippen MR) is 92.3 cm³/mol. The Morgan fingerprint density at radius 3 is 2.54 bits per heavy atom. The number of phenols is 1. The Morgan fingerprint density at radius 1 is 1.04 bits per heavy atom. The van der Waals surface area contributed by atoms with Crippen LogP contribution in [0.2, 0.25) is 0 Å². The SMILES string of the molecule is CCCCCCc1cccc(Oc2cc(O)ccc2S(=O)(=O)O)c1. The summed E-state index contributed by atoms with van der Waals surface area (Å²) in [6.45, 7) is 2.16. The van der Waals surface area contributed by atoms with Crippen LogP contribution in [-0.2, 0) is 16.5 Å². The van der Waals surface area contributed by atoms with Crippen LogP contribution < -0.4 is 4.74 Å². The molecule has 0 saturated carbocycles. The fraction of sp³-hybridized carbons (Fsp3) is 0.333. The van der Waals surface area contributed by atoms with Gasteiger partial charge in [0.2, 0.25) is 0 Å². The van der Waals surface area contributed by atoms with E-state index in [1.807, 2.05) is 18.2 Å². The van der Waals surface area contributed by atoms with Gasteiger partial charge in [0.15, 0.2) is 5.75 Å². The van der Waals surface area contributed by atoms with Gasteiger partial charge in [-0.3, -0.25) is 4.55 Å². The molecule has 0 radical (unpaired) electrons. The summed E-state index contributed by atoms with van der Waals surface area (Å²) >= 11 is 0. The molecule has 0 fully saturated rings. The van der Waals surface area contributed by atoms with Crippen molar-refractivity contribution in [1.29, 1.82) is 0 Å². The summed E-state index contributed by atoms with van der Waals surface area (Å²) in [6, 6.07) is 10.8. The quantitative estimate of drug-likeness (QED) is 0.539. The number of ether oxygens (including phenoxy) is 1. The number of benzene rings is 2. The molecule has 2 aromatic carbocycles. The molecule has 0 unspecified atom stereocenters. The van der Waals surface area contributed by atoms with E-state index in [1.54, 1.807) is 6.07 Å². The Bertz CT molecular complexity index is 784. The van der Waals surface area contributed by atoms with E-state index < -0.39 is 10.1 Å². The molecule has 5 nitrogen and oxygen atoms in total. The highest BCUT2D eigenvalue weighted by Crippen LogP contribution is 2.32. The van der Waals surface area contributed by atoms with Crippen molar-refractivity contribution < 1.29 is 22.8 Å². The molecule has 2 N–H and O–H groups in total. The zero-order valence-corrected chi connectivity index (χ0v) is 14.4. The predicted octanol–water partition coefficient (Wildman–Crippen LogP) is 4.55. The third-order valence-corrected chi connectivity index (χ3v) is 4.54. The van der Waals surface area contributed by atoms with Gasteiger partial charge in [-0.1, -0.05) is 38.3 Å². The molecule has 0 aromatic heterocycles. The third kappa shape index (κ3) is 5.25. The van der Waals surface area contributed by atoms with E-state index >= 15 is 0 Å². The van der Waals surface area contributed by atoms with Crippen LogP contribution in [0.25, 0.3) is 0 Å². The number of aryl methyl sites for hydroxylation is 1. The summed E-state index contributed by atoms with van der Waals surface area (Å²) in [7, 11) is -4.44. The molecule has 0 spiro atoms. The van der Waals surface area contributed by atoms with Crippen molar-refractivity contribution in [2.45, 2.75) is 43.9 Å². The Morgan fingerprint density at radius 2 is 1.83 bits per heavy atom. The van der Waals surface area contributed by atoms with Crippen LogP contribution in [0.3, 0.4) is 0 Å². The molecule has 0 atom stereocenters. The molecule has 6 heteroatoms. The molecule has 24 heavy (non-hydrogen) atoms. The van der Waals surface area contributed by atoms with E-state index in [2.05, 4.69) is 6.92 Å². The smallest absolute Gasteiger partial charge is 0.298 e. The average Bonchev–Trinajstić information content (AvgIpc) is 2.51. The summed E-state index contributed by atoms with van der Waals surface area (Å²) in [5, 5.41) is 9.55. The first-order valence-corrected chi connectivity index (χ1v) is 9.41. The number of unbranched alkanes of at least 4 members (excludes halogenated alkanes) is 3. The van der Waals surface area contributed by atoms with Crippen molar-refractivity contribution in [3.8, 4) is 17.2 Å². The normalized spacial score (nSPS) is 11.4. The molecule has 0 amide bonds. The highest BCUT2D eigenvalue weighted by Gasteiger charge is 2.18. The topological polar surface area (TPSA) is 83.8 Å². The van der Waals surface area contributed by atoms with Crippen LogP contribution in [0.1, 0.15) is 38.2 Å². The van der Waals surface area contributed by atoms with Gasteiger partial charge >= 0.3 is 0 Å². The van der Waals surface area contributed by atoms with Crippen molar-refractivity contribution in [2.24, 2.45) is 0 Å². The van der Waals surface area contributed by atoms with Gasteiger partial charge in [-0.2, -0.15) is 8.42 Å². The van der Waals surface area contributed by atoms with Crippen LogP contribution in [-0.4, -0.2) is 18.1 Å². The molecule has 2 rings (SSSR count). The van der Waals surface area contributed by atoms with E-state index in [1.165, 1.54) is 25.3 Å². The number of hydrogen-bond donors (Lipinski definition) is 2. The molecule has 2 aromatic rings. The molecule has 0 bridgehead atoms. The molecule has 0 aliphatic heterocycles. The van der Waals surface area contributed by atoms with Gasteiger partial charge in [-0.05, 0) is 42.7 Å². The largest absolute Gasteiger partial charge is 0.508 e. The van der Waals surface area contributed by atoms with Crippen LogP contribution in [0, 0.1) is 0 Å². The first-order valence-electron chi connectivity index (χ1n) is 7.97. The minimum absolute atomic E-state index is 0.111. The first kappa shape index (κ1) is 18.3. The van der Waals surface area contributed by atoms with E-state index in [0.29, 0.717) is 5.75 Å². The van der Waals surface area contributed by atoms with E-state index in [-0.39, 0.29) is 16.4 Å². The number of hydrogen-bond acceptors (Lipinski definition) is 4. The maximum absolute atomic E-state index is 11.4. The molecule has 0 saturated heterocycles. The number of rotatable bonds is 8. The van der Waals surface area contributed by atoms with Crippen LogP contribution >= 0.6 is 0 Å². The summed E-state index contributed by atoms with van der Waals surface area (Å²) in [4.78, 5) is -0.381. The lowest BCUT2D eigenvalue weighted by molar-refractivity contribution is 0.437. The molecule has 0 aliphatic carbocycles. The van der Waals surface area contributed by atoms with Gasteiger partial charge in [-0.25, -0.2) is 0 Å². The standard InChI is InChI=1S/C18H22O5S/c1-2-3-4-5-7-14-8-6-9-16(12-14)23-17-13-15(19)10-11-18(17)24(20,21)22/h6,8-13,19H,2-5,7H2,1H3,(H,20,21,22). The Hall–Kier alpha value is -2.05. The van der Waals surface area contributed by atoms with Gasteiger partial charge in [0, 0.05) is 6.07 Å². The van der Waals surface area contributed by atoms with E-state index in [0.717, 1.165) is 30.5 Å². The minimum atomic E-state index is -4.44. The second-order valence-electron chi connectivity index (χ2n) is 5.67. The molecule has 130 valence electrons. The van der Waals surface area contributed by atoms with Crippen LogP contribution in [0.5, 0.6) is 17.2 Å². The van der Waals surface area contributed by atoms with Crippen LogP contribution in [0.15, 0.2) is 47.4 Å². The number of aromatic hydroxyl groups is 1. The highest BCUT2D eigenvalue weighted by molar-refractivity contribution is 7.86. The van der Waals surface area contributed by atoms with Crippen molar-refractivity contribution in [3.63, 3.8) is 0 Å². The summed E-state index contributed by atoms with van der Waals surface area (Å²) in [5.41, 5.74) is 1.09. The molecular weight excluding hydrogens is 328 g/mol. The second kappa shape index (κ2) is 8.17. The average molecular weight is 350 g/mol. The van der Waals surface area contributed by atoms with E-state index in [4.69, 9.17) is 4.74 Å². The lowest BCUT2D eigenvalue weighted by Gasteiger charge is -2.11. The summed E-state index contributed by atoms with van der Waals surface area (Å²) in [5.74, 6) is 0.201. The van der Waals surface area contributed by atoms with Crippen molar-refractivity contribution in [2.75, 3.05) is 0 Å². The Kier molecular flexibility index (Phi) is 6.23. The zero-order chi connectivity index (χ0) is 17.6. The van der Waals surface area contributed by atoms with Gasteiger partial charge in [0.05, 0.1) is 0 Å². The maximum Gasteiger partial charge on any atom is 0.298 e. The summed E-state index contributed by atoms with van der Waals surface area (Å²) < 4.78 is 37.7. The Labute approximate surface area is 142 Å². The fourth-order valence-corrected chi connectivity index (χ4v) is 3.03. The Balaban J connectivity index is 2.18. The zero-order valence-electron chi connectivity index (χ0n) is 13.6. The van der Waals surface area contributed by atoms with Crippen molar-refractivity contribution in [1.82, 2.24) is 0 Å². The first-order chi connectivity index (χ1) is 11.4. The molecule has 0 aliphatic rings. The van der Waals surface area contributed by atoms with Crippen LogP contribution in [0.4, 0.5) is 0 Å². The van der Waals surface area contributed by atoms with Crippen molar-refractivity contribution >= 4 is 10.1 Å².